The number of amides is 1. The monoisotopic (exact) mass is 397 g/mol. The number of halogens is 2. The molecule has 9 heteroatoms. The van der Waals surface area contributed by atoms with Crippen molar-refractivity contribution < 1.29 is 9.53 Å². The van der Waals surface area contributed by atoms with Gasteiger partial charge in [0.1, 0.15) is 5.75 Å². The van der Waals surface area contributed by atoms with Gasteiger partial charge in [-0.25, -0.2) is 0 Å². The summed E-state index contributed by atoms with van der Waals surface area (Å²) in [5.74, 6) is 0.955. The van der Waals surface area contributed by atoms with Crippen molar-refractivity contribution in [3.63, 3.8) is 0 Å². The first kappa shape index (κ1) is 18.9. The highest BCUT2D eigenvalue weighted by atomic mass is 35.5. The number of nitrogens with zero attached hydrogens (tertiary/aromatic N) is 4. The van der Waals surface area contributed by atoms with Crippen molar-refractivity contribution in [3.8, 4) is 5.75 Å². The molecule has 2 aromatic rings. The Morgan fingerprint density at radius 2 is 1.92 bits per heavy atom. The number of carbonyl (C=O) groups is 1. The lowest BCUT2D eigenvalue weighted by Gasteiger charge is -2.31. The summed E-state index contributed by atoms with van der Waals surface area (Å²) < 4.78 is 7.40. The zero-order valence-corrected chi connectivity index (χ0v) is 15.8. The second-order valence-electron chi connectivity index (χ2n) is 6.31. The van der Waals surface area contributed by atoms with Crippen LogP contribution in [0.2, 0.25) is 10.0 Å². The smallest absolute Gasteiger partial charge is 0.276 e. The Balaban J connectivity index is 1.48. The van der Waals surface area contributed by atoms with E-state index in [1.807, 2.05) is 4.90 Å². The van der Waals surface area contributed by atoms with Gasteiger partial charge >= 0.3 is 0 Å². The number of benzene rings is 1. The molecule has 1 aliphatic rings. The van der Waals surface area contributed by atoms with Crippen molar-refractivity contribution in [1.29, 1.82) is 0 Å². The first-order valence-corrected chi connectivity index (χ1v) is 9.29. The number of hydrogen-bond donors (Lipinski definition) is 1. The number of nitrogens with two attached hydrogens (primary N) is 1. The Morgan fingerprint density at radius 3 is 2.58 bits per heavy atom. The molecule has 1 amide bonds. The lowest BCUT2D eigenvalue weighted by Crippen LogP contribution is -2.39. The third-order valence-corrected chi connectivity index (χ3v) is 4.78. The van der Waals surface area contributed by atoms with Gasteiger partial charge in [0.25, 0.3) is 5.91 Å². The summed E-state index contributed by atoms with van der Waals surface area (Å²) in [6.07, 6.45) is 3.39. The third kappa shape index (κ3) is 4.87. The van der Waals surface area contributed by atoms with E-state index in [0.717, 1.165) is 12.8 Å². The van der Waals surface area contributed by atoms with Crippen molar-refractivity contribution in [2.45, 2.75) is 19.4 Å². The Labute approximate surface area is 162 Å². The zero-order valence-electron chi connectivity index (χ0n) is 14.3. The van der Waals surface area contributed by atoms with Crippen LogP contribution in [0.25, 0.3) is 0 Å². The maximum Gasteiger partial charge on any atom is 0.276 e. The summed E-state index contributed by atoms with van der Waals surface area (Å²) in [5.41, 5.74) is 5.84. The summed E-state index contributed by atoms with van der Waals surface area (Å²) >= 11 is 12.0. The van der Waals surface area contributed by atoms with Crippen LogP contribution in [-0.2, 0) is 6.54 Å². The fraction of sp³-hybridized carbons (Fsp3) is 0.471. The number of aromatic nitrogens is 3. The summed E-state index contributed by atoms with van der Waals surface area (Å²) in [5, 5.41) is 8.95. The minimum absolute atomic E-state index is 0.0886. The quantitative estimate of drug-likeness (QED) is 0.808. The van der Waals surface area contributed by atoms with Gasteiger partial charge in [-0.2, -0.15) is 0 Å². The van der Waals surface area contributed by atoms with Crippen molar-refractivity contribution >= 4 is 29.1 Å². The van der Waals surface area contributed by atoms with Crippen LogP contribution in [0.15, 0.2) is 24.4 Å². The van der Waals surface area contributed by atoms with Gasteiger partial charge in [-0.05, 0) is 37.0 Å². The number of carbonyl (C=O) groups excluding carboxylic acids is 1. The van der Waals surface area contributed by atoms with Crippen LogP contribution in [-0.4, -0.2) is 52.0 Å². The maximum atomic E-state index is 12.5. The van der Waals surface area contributed by atoms with E-state index in [9.17, 15) is 4.79 Å². The molecule has 1 fully saturated rings. The van der Waals surface area contributed by atoms with Gasteiger partial charge in [0.05, 0.1) is 19.3 Å². The summed E-state index contributed by atoms with van der Waals surface area (Å²) in [6, 6.07) is 5.16. The number of rotatable bonds is 6. The first-order valence-electron chi connectivity index (χ1n) is 8.53. The van der Waals surface area contributed by atoms with Crippen molar-refractivity contribution in [2.24, 2.45) is 11.7 Å². The van der Waals surface area contributed by atoms with Crippen LogP contribution in [0.4, 0.5) is 0 Å². The molecule has 7 nitrogen and oxygen atoms in total. The fourth-order valence-corrected chi connectivity index (χ4v) is 3.43. The van der Waals surface area contributed by atoms with Gasteiger partial charge in [0, 0.05) is 29.7 Å². The summed E-state index contributed by atoms with van der Waals surface area (Å²) in [7, 11) is 0. The molecular weight excluding hydrogens is 377 g/mol. The molecule has 3 rings (SSSR count). The Morgan fingerprint density at radius 1 is 1.23 bits per heavy atom. The van der Waals surface area contributed by atoms with E-state index in [0.29, 0.717) is 60.2 Å². The van der Waals surface area contributed by atoms with Crippen LogP contribution < -0.4 is 10.5 Å². The molecule has 0 radical (unpaired) electrons. The molecule has 0 spiro atoms. The Hall–Kier alpha value is -1.83. The molecular formula is C17H21Cl2N5O2. The predicted molar refractivity (Wildman–Crippen MR) is 99.7 cm³/mol. The molecule has 0 aliphatic carbocycles. The highest BCUT2D eigenvalue weighted by molar-refractivity contribution is 6.34. The second-order valence-corrected chi connectivity index (χ2v) is 7.18. The van der Waals surface area contributed by atoms with Gasteiger partial charge in [0.15, 0.2) is 5.69 Å². The second kappa shape index (κ2) is 8.70. The van der Waals surface area contributed by atoms with E-state index in [1.165, 1.54) is 0 Å². The molecule has 0 atom stereocenters. The van der Waals surface area contributed by atoms with Crippen molar-refractivity contribution in [2.75, 3.05) is 26.2 Å². The van der Waals surface area contributed by atoms with E-state index in [1.54, 1.807) is 29.1 Å². The molecule has 2 heterocycles. The highest BCUT2D eigenvalue weighted by Gasteiger charge is 2.25. The van der Waals surface area contributed by atoms with Gasteiger partial charge < -0.3 is 15.4 Å². The first-order chi connectivity index (χ1) is 12.5. The molecule has 2 N–H and O–H groups in total. The third-order valence-electron chi connectivity index (χ3n) is 4.34. The molecule has 1 aromatic carbocycles. The largest absolute Gasteiger partial charge is 0.493 e. The van der Waals surface area contributed by atoms with Gasteiger partial charge in [-0.1, -0.05) is 28.4 Å². The number of piperidine rings is 1. The van der Waals surface area contributed by atoms with E-state index in [2.05, 4.69) is 10.3 Å². The van der Waals surface area contributed by atoms with E-state index in [-0.39, 0.29) is 5.91 Å². The lowest BCUT2D eigenvalue weighted by molar-refractivity contribution is 0.0655. The van der Waals surface area contributed by atoms with Crippen molar-refractivity contribution in [3.05, 3.63) is 40.1 Å². The Kier molecular flexibility index (Phi) is 6.34. The molecule has 140 valence electrons. The average molecular weight is 398 g/mol. The number of ether oxygens (including phenoxy) is 1. The van der Waals surface area contributed by atoms with Crippen LogP contribution in [0, 0.1) is 5.92 Å². The molecule has 0 bridgehead atoms. The molecule has 0 saturated carbocycles. The van der Waals surface area contributed by atoms with E-state index < -0.39 is 0 Å². The van der Waals surface area contributed by atoms with Crippen LogP contribution in [0.1, 0.15) is 23.3 Å². The van der Waals surface area contributed by atoms with Crippen LogP contribution in [0.5, 0.6) is 5.75 Å². The topological polar surface area (TPSA) is 86.3 Å². The lowest BCUT2D eigenvalue weighted by atomic mass is 9.97. The van der Waals surface area contributed by atoms with Crippen LogP contribution in [0.3, 0.4) is 0 Å². The zero-order chi connectivity index (χ0) is 18.5. The van der Waals surface area contributed by atoms with Gasteiger partial charge in [-0.3, -0.25) is 9.48 Å². The minimum atomic E-state index is -0.0886. The number of hydrogen-bond acceptors (Lipinski definition) is 5. The summed E-state index contributed by atoms with van der Waals surface area (Å²) in [4.78, 5) is 14.3. The predicted octanol–water partition coefficient (Wildman–Crippen LogP) is 2.47. The molecule has 1 aliphatic heterocycles. The summed E-state index contributed by atoms with van der Waals surface area (Å²) in [6.45, 7) is 2.93. The van der Waals surface area contributed by atoms with Gasteiger partial charge in [0.2, 0.25) is 0 Å². The highest BCUT2D eigenvalue weighted by Crippen LogP contribution is 2.26. The molecule has 26 heavy (non-hydrogen) atoms. The van der Waals surface area contributed by atoms with Gasteiger partial charge in [-0.15, -0.1) is 5.10 Å². The van der Waals surface area contributed by atoms with Crippen molar-refractivity contribution in [1.82, 2.24) is 19.9 Å². The normalized spacial score (nSPS) is 15.3. The molecule has 1 aromatic heterocycles. The van der Waals surface area contributed by atoms with E-state index >= 15 is 0 Å². The number of likely N-dealkylation sites (tertiary alicyclic amines) is 1. The molecule has 0 unspecified atom stereocenters. The fourth-order valence-electron chi connectivity index (χ4n) is 2.93. The van der Waals surface area contributed by atoms with E-state index in [4.69, 9.17) is 33.7 Å². The average Bonchev–Trinajstić information content (AvgIpc) is 3.08. The molecule has 1 saturated heterocycles. The minimum Gasteiger partial charge on any atom is -0.493 e. The standard InChI is InChI=1S/C17H21Cl2N5O2/c18-13-7-14(19)9-15(8-13)26-11-12-1-4-23(5-2-12)17(25)16-10-24(6-3-20)22-21-16/h7-10,12H,1-6,11,20H2. The Bertz CT molecular complexity index is 739. The van der Waals surface area contributed by atoms with Crippen LogP contribution >= 0.6 is 23.2 Å². The SMILES string of the molecule is NCCn1cc(C(=O)N2CCC(COc3cc(Cl)cc(Cl)c3)CC2)nn1. The maximum absolute atomic E-state index is 12.5.